The highest BCUT2D eigenvalue weighted by Gasteiger charge is 2.48. The fourth-order valence-electron chi connectivity index (χ4n) is 3.32. The smallest absolute Gasteiger partial charge is 0.170 e. The molecule has 3 rings (SSSR count). The van der Waals surface area contributed by atoms with Gasteiger partial charge in [0.05, 0.1) is 0 Å². The van der Waals surface area contributed by atoms with Crippen LogP contribution in [0, 0.1) is 5.41 Å². The molecule has 2 aliphatic rings. The van der Waals surface area contributed by atoms with E-state index in [-0.39, 0.29) is 11.2 Å². The van der Waals surface area contributed by atoms with Crippen LogP contribution in [-0.4, -0.2) is 12.3 Å². The molecule has 19 heavy (non-hydrogen) atoms. The number of carbonyl (C=O) groups excluding carboxylic acids is 1. The summed E-state index contributed by atoms with van der Waals surface area (Å²) < 4.78 is 0. The first-order chi connectivity index (χ1) is 9.25. The van der Waals surface area contributed by atoms with Gasteiger partial charge in [-0.25, -0.2) is 0 Å². The van der Waals surface area contributed by atoms with Crippen LogP contribution in [-0.2, 0) is 0 Å². The molecule has 2 nitrogen and oxygen atoms in total. The van der Waals surface area contributed by atoms with Crippen molar-refractivity contribution in [1.82, 2.24) is 0 Å². The molecule has 0 radical (unpaired) electrons. The predicted octanol–water partition coefficient (Wildman–Crippen LogP) is 3.66. The highest BCUT2D eigenvalue weighted by Crippen LogP contribution is 2.47. The van der Waals surface area contributed by atoms with Crippen LogP contribution in [0.4, 0.5) is 0 Å². The normalized spacial score (nSPS) is 22.2. The summed E-state index contributed by atoms with van der Waals surface area (Å²) in [6, 6.07) is 8.36. The van der Waals surface area contributed by atoms with E-state index in [0.29, 0.717) is 12.5 Å². The van der Waals surface area contributed by atoms with Crippen LogP contribution in [0.2, 0.25) is 0 Å². The summed E-state index contributed by atoms with van der Waals surface area (Å²) in [5.41, 5.74) is 7.78. The van der Waals surface area contributed by atoms with Gasteiger partial charge in [0.15, 0.2) is 5.78 Å². The van der Waals surface area contributed by atoms with E-state index in [2.05, 4.69) is 12.1 Å². The summed E-state index contributed by atoms with van der Waals surface area (Å²) in [4.78, 5) is 12.4. The van der Waals surface area contributed by atoms with Gasteiger partial charge in [-0.15, -0.1) is 0 Å². The number of hydrogen-bond donors (Lipinski definition) is 1. The fourth-order valence-corrected chi connectivity index (χ4v) is 3.32. The van der Waals surface area contributed by atoms with Gasteiger partial charge in [0.1, 0.15) is 0 Å². The van der Waals surface area contributed by atoms with Crippen LogP contribution in [0.1, 0.15) is 66.8 Å². The Kier molecular flexibility index (Phi) is 3.44. The summed E-state index contributed by atoms with van der Waals surface area (Å²) in [5.74, 6) is 0.965. The highest BCUT2D eigenvalue weighted by molar-refractivity contribution is 6.02. The topological polar surface area (TPSA) is 43.1 Å². The molecule has 0 bridgehead atoms. The van der Waals surface area contributed by atoms with Gasteiger partial charge in [-0.05, 0) is 37.2 Å². The number of Topliss-reactive ketones (excluding diaryl/α,β-unsaturated/α-hetero) is 1. The molecule has 2 aliphatic carbocycles. The maximum absolute atomic E-state index is 12.4. The van der Waals surface area contributed by atoms with Gasteiger partial charge in [0.25, 0.3) is 0 Å². The molecule has 0 aromatic heterocycles. The minimum Gasteiger partial charge on any atom is -0.329 e. The minimum absolute atomic E-state index is 0.216. The Balaban J connectivity index is 1.73. The highest BCUT2D eigenvalue weighted by atomic mass is 16.1. The van der Waals surface area contributed by atoms with Crippen molar-refractivity contribution in [3.63, 3.8) is 0 Å². The van der Waals surface area contributed by atoms with Gasteiger partial charge in [0, 0.05) is 17.5 Å². The Morgan fingerprint density at radius 3 is 2.26 bits per heavy atom. The number of nitrogens with two attached hydrogens (primary N) is 1. The molecule has 0 atom stereocenters. The monoisotopic (exact) mass is 257 g/mol. The zero-order valence-electron chi connectivity index (χ0n) is 11.5. The first-order valence-corrected chi connectivity index (χ1v) is 7.60. The van der Waals surface area contributed by atoms with Crippen LogP contribution in [0.15, 0.2) is 24.3 Å². The van der Waals surface area contributed by atoms with Crippen molar-refractivity contribution in [2.24, 2.45) is 11.1 Å². The lowest BCUT2D eigenvalue weighted by atomic mass is 9.83. The summed E-state index contributed by atoms with van der Waals surface area (Å²) in [7, 11) is 0. The second kappa shape index (κ2) is 5.09. The zero-order valence-corrected chi connectivity index (χ0v) is 11.5. The quantitative estimate of drug-likeness (QED) is 0.836. The molecule has 0 amide bonds. The summed E-state index contributed by atoms with van der Waals surface area (Å²) >= 11 is 0. The molecule has 2 N–H and O–H groups in total. The molecule has 2 fully saturated rings. The van der Waals surface area contributed by atoms with Crippen molar-refractivity contribution in [2.45, 2.75) is 50.9 Å². The molecule has 2 heteroatoms. The molecule has 0 unspecified atom stereocenters. The lowest BCUT2D eigenvalue weighted by Crippen LogP contribution is -2.25. The van der Waals surface area contributed by atoms with E-state index in [1.165, 1.54) is 37.7 Å². The Morgan fingerprint density at radius 1 is 1.11 bits per heavy atom. The molecule has 0 spiro atoms. The maximum atomic E-state index is 12.4. The fraction of sp³-hybridized carbons (Fsp3) is 0.588. The number of benzene rings is 1. The standard InChI is InChI=1S/C17H23NO/c18-12-17(10-11-17)16(19)15-8-6-14(7-9-15)13-4-2-1-3-5-13/h6-9,13H,1-5,10-12,18H2. The largest absolute Gasteiger partial charge is 0.329 e. The minimum atomic E-state index is -0.216. The number of carbonyl (C=O) groups is 1. The van der Waals surface area contributed by atoms with Crippen LogP contribution >= 0.6 is 0 Å². The molecular weight excluding hydrogens is 234 g/mol. The summed E-state index contributed by atoms with van der Waals surface area (Å²) in [6.45, 7) is 0.496. The third kappa shape index (κ3) is 2.46. The number of hydrogen-bond acceptors (Lipinski definition) is 2. The lowest BCUT2D eigenvalue weighted by molar-refractivity contribution is 0.0905. The second-order valence-electron chi connectivity index (χ2n) is 6.27. The van der Waals surface area contributed by atoms with Crippen LogP contribution < -0.4 is 5.73 Å². The van der Waals surface area contributed by atoms with Gasteiger partial charge in [-0.1, -0.05) is 43.5 Å². The van der Waals surface area contributed by atoms with Gasteiger partial charge in [0.2, 0.25) is 0 Å². The van der Waals surface area contributed by atoms with Crippen LogP contribution in [0.25, 0.3) is 0 Å². The Hall–Kier alpha value is -1.15. The van der Waals surface area contributed by atoms with Crippen molar-refractivity contribution in [2.75, 3.05) is 6.54 Å². The van der Waals surface area contributed by atoms with E-state index in [1.807, 2.05) is 12.1 Å². The van der Waals surface area contributed by atoms with Crippen LogP contribution in [0.3, 0.4) is 0 Å². The number of rotatable bonds is 4. The van der Waals surface area contributed by atoms with Crippen molar-refractivity contribution < 1.29 is 4.79 Å². The van der Waals surface area contributed by atoms with Gasteiger partial charge in [-0.3, -0.25) is 4.79 Å². The van der Waals surface area contributed by atoms with Crippen LogP contribution in [0.5, 0.6) is 0 Å². The molecular formula is C17H23NO. The molecule has 0 heterocycles. The van der Waals surface area contributed by atoms with Crippen molar-refractivity contribution in [3.8, 4) is 0 Å². The SMILES string of the molecule is NCC1(C(=O)c2ccc(C3CCCCC3)cc2)CC1. The molecule has 1 aromatic rings. The first-order valence-electron chi connectivity index (χ1n) is 7.60. The third-order valence-corrected chi connectivity index (χ3v) is 4.98. The lowest BCUT2D eigenvalue weighted by Gasteiger charge is -2.22. The van der Waals surface area contributed by atoms with E-state index < -0.39 is 0 Å². The maximum Gasteiger partial charge on any atom is 0.170 e. The Morgan fingerprint density at radius 2 is 1.74 bits per heavy atom. The third-order valence-electron chi connectivity index (χ3n) is 4.98. The average Bonchev–Trinajstić information content (AvgIpc) is 3.29. The molecule has 102 valence electrons. The van der Waals surface area contributed by atoms with E-state index in [9.17, 15) is 4.79 Å². The molecule has 0 aliphatic heterocycles. The van der Waals surface area contributed by atoms with Crippen molar-refractivity contribution in [1.29, 1.82) is 0 Å². The Labute approximate surface area is 115 Å². The van der Waals surface area contributed by atoms with Crippen molar-refractivity contribution in [3.05, 3.63) is 35.4 Å². The second-order valence-corrected chi connectivity index (χ2v) is 6.27. The summed E-state index contributed by atoms with van der Waals surface area (Å²) in [6.07, 6.45) is 8.62. The predicted molar refractivity (Wildman–Crippen MR) is 77.3 cm³/mol. The molecule has 2 saturated carbocycles. The van der Waals surface area contributed by atoms with Crippen molar-refractivity contribution >= 4 is 5.78 Å². The van der Waals surface area contributed by atoms with E-state index in [4.69, 9.17) is 5.73 Å². The first kappa shape index (κ1) is 12.9. The average molecular weight is 257 g/mol. The number of ketones is 1. The Bertz CT molecular complexity index is 453. The van der Waals surface area contributed by atoms with E-state index >= 15 is 0 Å². The van der Waals surface area contributed by atoms with E-state index in [1.54, 1.807) is 0 Å². The zero-order chi connectivity index (χ0) is 13.3. The molecule has 0 saturated heterocycles. The summed E-state index contributed by atoms with van der Waals surface area (Å²) in [5, 5.41) is 0. The molecule has 1 aromatic carbocycles. The van der Waals surface area contributed by atoms with Gasteiger partial charge >= 0.3 is 0 Å². The van der Waals surface area contributed by atoms with Gasteiger partial charge in [-0.2, -0.15) is 0 Å². The van der Waals surface area contributed by atoms with E-state index in [0.717, 1.165) is 18.4 Å². The van der Waals surface area contributed by atoms with Gasteiger partial charge < -0.3 is 5.73 Å².